The van der Waals surface area contributed by atoms with E-state index in [9.17, 15) is 13.4 Å². The van der Waals surface area contributed by atoms with Gasteiger partial charge in [-0.05, 0) is 36.5 Å². The number of aliphatic carboxylic acids is 1. The summed E-state index contributed by atoms with van der Waals surface area (Å²) in [7, 11) is -1.24. The summed E-state index contributed by atoms with van der Waals surface area (Å²) in [6.45, 7) is 0. The van der Waals surface area contributed by atoms with Crippen LogP contribution in [0.3, 0.4) is 0 Å². The fourth-order valence-electron chi connectivity index (χ4n) is 2.09. The lowest BCUT2D eigenvalue weighted by atomic mass is 10.1. The van der Waals surface area contributed by atoms with Crippen LogP contribution in [-0.2, 0) is 21.3 Å². The van der Waals surface area contributed by atoms with Crippen molar-refractivity contribution in [1.82, 2.24) is 0 Å². The maximum absolute atomic E-state index is 13.5. The van der Waals surface area contributed by atoms with Gasteiger partial charge in [0.15, 0.2) is 0 Å². The van der Waals surface area contributed by atoms with E-state index in [-0.39, 0.29) is 23.4 Å². The van der Waals surface area contributed by atoms with Gasteiger partial charge in [0.05, 0.1) is 12.2 Å². The van der Waals surface area contributed by atoms with Gasteiger partial charge in [-0.2, -0.15) is 0 Å². The number of carboxylic acids is 1. The van der Waals surface area contributed by atoms with Gasteiger partial charge < -0.3 is 5.11 Å². The van der Waals surface area contributed by atoms with Crippen LogP contribution in [0.15, 0.2) is 22.7 Å². The monoisotopic (exact) mass is 348 g/mol. The van der Waals surface area contributed by atoms with Gasteiger partial charge in [0, 0.05) is 26.6 Å². The molecule has 1 aliphatic carbocycles. The predicted molar refractivity (Wildman–Crippen MR) is 74.7 cm³/mol. The summed E-state index contributed by atoms with van der Waals surface area (Å²) in [5.41, 5.74) is 0.0814. The first kappa shape index (κ1) is 14.7. The Morgan fingerprint density at radius 1 is 1.47 bits per heavy atom. The van der Waals surface area contributed by atoms with Crippen LogP contribution in [0.4, 0.5) is 4.39 Å². The standard InChI is InChI=1S/C13H14BrFO3S/c14-10-1-2-11(15)9(5-10)7-19(18)8-13(3-4-13)6-12(16)17/h1-2,5H,3-4,6-8H2,(H,16,17). The Labute approximate surface area is 121 Å². The Hall–Kier alpha value is -0.750. The zero-order valence-electron chi connectivity index (χ0n) is 10.2. The van der Waals surface area contributed by atoms with Crippen LogP contribution in [0.25, 0.3) is 0 Å². The molecule has 0 heterocycles. The van der Waals surface area contributed by atoms with E-state index in [4.69, 9.17) is 5.11 Å². The van der Waals surface area contributed by atoms with E-state index >= 15 is 0 Å². The lowest BCUT2D eigenvalue weighted by molar-refractivity contribution is -0.138. The minimum Gasteiger partial charge on any atom is -0.481 e. The molecule has 1 unspecified atom stereocenters. The Balaban J connectivity index is 1.98. The van der Waals surface area contributed by atoms with E-state index < -0.39 is 16.8 Å². The highest BCUT2D eigenvalue weighted by Crippen LogP contribution is 2.49. The minimum atomic E-state index is -1.24. The molecule has 1 aliphatic rings. The van der Waals surface area contributed by atoms with Gasteiger partial charge in [-0.25, -0.2) is 4.39 Å². The summed E-state index contributed by atoms with van der Waals surface area (Å²) in [5, 5.41) is 8.81. The average molecular weight is 349 g/mol. The summed E-state index contributed by atoms with van der Waals surface area (Å²) in [6.07, 6.45) is 1.65. The van der Waals surface area contributed by atoms with Crippen molar-refractivity contribution < 1.29 is 18.5 Å². The molecule has 0 saturated heterocycles. The molecule has 6 heteroatoms. The fourth-order valence-corrected chi connectivity index (χ4v) is 4.24. The molecular formula is C13H14BrFO3S. The third-order valence-electron chi connectivity index (χ3n) is 3.27. The summed E-state index contributed by atoms with van der Waals surface area (Å²) < 4.78 is 26.3. The topological polar surface area (TPSA) is 54.4 Å². The number of carbonyl (C=O) groups is 1. The number of carboxylic acid groups (broad SMARTS) is 1. The van der Waals surface area contributed by atoms with Gasteiger partial charge in [-0.3, -0.25) is 9.00 Å². The molecule has 0 radical (unpaired) electrons. The molecule has 1 aromatic rings. The number of rotatable bonds is 6. The van der Waals surface area contributed by atoms with E-state index in [1.165, 1.54) is 6.07 Å². The lowest BCUT2D eigenvalue weighted by Gasteiger charge is -2.12. The molecule has 0 aliphatic heterocycles. The number of benzene rings is 1. The first-order chi connectivity index (χ1) is 8.90. The lowest BCUT2D eigenvalue weighted by Crippen LogP contribution is -2.17. The van der Waals surface area contributed by atoms with Crippen molar-refractivity contribution in [3.05, 3.63) is 34.1 Å². The molecule has 0 amide bonds. The van der Waals surface area contributed by atoms with Crippen LogP contribution in [-0.4, -0.2) is 21.0 Å². The molecule has 1 aromatic carbocycles. The fraction of sp³-hybridized carbons (Fsp3) is 0.462. The maximum Gasteiger partial charge on any atom is 0.303 e. The van der Waals surface area contributed by atoms with Gasteiger partial charge in [0.2, 0.25) is 0 Å². The number of hydrogen-bond acceptors (Lipinski definition) is 2. The third-order valence-corrected chi connectivity index (χ3v) is 5.34. The zero-order chi connectivity index (χ0) is 14.0. The Kier molecular flexibility index (Phi) is 4.40. The first-order valence-electron chi connectivity index (χ1n) is 5.91. The maximum atomic E-state index is 13.5. The van der Waals surface area contributed by atoms with Crippen molar-refractivity contribution in [1.29, 1.82) is 0 Å². The van der Waals surface area contributed by atoms with Crippen molar-refractivity contribution >= 4 is 32.7 Å². The minimum absolute atomic E-state index is 0.0553. The smallest absolute Gasteiger partial charge is 0.303 e. The molecule has 1 atom stereocenters. The number of hydrogen-bond donors (Lipinski definition) is 1. The van der Waals surface area contributed by atoms with Crippen molar-refractivity contribution in [2.45, 2.75) is 25.0 Å². The quantitative estimate of drug-likeness (QED) is 0.859. The molecule has 0 aromatic heterocycles. The summed E-state index contributed by atoms with van der Waals surface area (Å²) in [5.74, 6) is -0.763. The van der Waals surface area contributed by atoms with Gasteiger partial charge in [-0.15, -0.1) is 0 Å². The molecule has 104 valence electrons. The van der Waals surface area contributed by atoms with Crippen molar-refractivity contribution in [2.75, 3.05) is 5.75 Å². The molecule has 1 fully saturated rings. The van der Waals surface area contributed by atoms with E-state index in [1.54, 1.807) is 12.1 Å². The Morgan fingerprint density at radius 3 is 2.74 bits per heavy atom. The van der Waals surface area contributed by atoms with E-state index in [1.807, 2.05) is 0 Å². The van der Waals surface area contributed by atoms with E-state index in [2.05, 4.69) is 15.9 Å². The summed E-state index contributed by atoms with van der Waals surface area (Å²) in [6, 6.07) is 4.54. The van der Waals surface area contributed by atoms with E-state index in [0.29, 0.717) is 11.3 Å². The normalized spacial score (nSPS) is 18.0. The van der Waals surface area contributed by atoms with Crippen LogP contribution in [0.1, 0.15) is 24.8 Å². The van der Waals surface area contributed by atoms with Crippen LogP contribution in [0, 0.1) is 11.2 Å². The largest absolute Gasteiger partial charge is 0.481 e. The molecule has 1 saturated carbocycles. The zero-order valence-corrected chi connectivity index (χ0v) is 12.6. The van der Waals surface area contributed by atoms with Gasteiger partial charge in [0.1, 0.15) is 5.82 Å². The molecule has 2 rings (SSSR count). The Morgan fingerprint density at radius 2 is 2.16 bits per heavy atom. The highest BCUT2D eigenvalue weighted by Gasteiger charge is 2.45. The van der Waals surface area contributed by atoms with E-state index in [0.717, 1.165) is 17.3 Å². The van der Waals surface area contributed by atoms with Gasteiger partial charge in [-0.1, -0.05) is 15.9 Å². The molecule has 0 spiro atoms. The number of halogens is 2. The van der Waals surface area contributed by atoms with Gasteiger partial charge in [0.25, 0.3) is 0 Å². The SMILES string of the molecule is O=C(O)CC1(CS(=O)Cc2cc(Br)ccc2F)CC1. The van der Waals surface area contributed by atoms with Crippen LogP contribution < -0.4 is 0 Å². The second-order valence-corrected chi connectivity index (χ2v) is 7.41. The van der Waals surface area contributed by atoms with Crippen LogP contribution in [0.2, 0.25) is 0 Å². The molecule has 3 nitrogen and oxygen atoms in total. The first-order valence-corrected chi connectivity index (χ1v) is 8.19. The van der Waals surface area contributed by atoms with Crippen LogP contribution in [0.5, 0.6) is 0 Å². The molecule has 19 heavy (non-hydrogen) atoms. The van der Waals surface area contributed by atoms with Crippen LogP contribution >= 0.6 is 15.9 Å². The second kappa shape index (κ2) is 5.71. The molecule has 1 N–H and O–H groups in total. The highest BCUT2D eigenvalue weighted by atomic mass is 79.9. The third kappa shape index (κ3) is 4.11. The summed E-state index contributed by atoms with van der Waals surface area (Å²) in [4.78, 5) is 10.7. The average Bonchev–Trinajstić information content (AvgIpc) is 3.01. The van der Waals surface area contributed by atoms with Gasteiger partial charge >= 0.3 is 5.97 Å². The predicted octanol–water partition coefficient (Wildman–Crippen LogP) is 3.09. The van der Waals surface area contributed by atoms with Crippen molar-refractivity contribution in [3.63, 3.8) is 0 Å². The van der Waals surface area contributed by atoms with Crippen molar-refractivity contribution in [2.24, 2.45) is 5.41 Å². The molecule has 0 bridgehead atoms. The highest BCUT2D eigenvalue weighted by molar-refractivity contribution is 9.10. The summed E-state index contributed by atoms with van der Waals surface area (Å²) >= 11 is 3.25. The molecular weight excluding hydrogens is 335 g/mol. The second-order valence-electron chi connectivity index (χ2n) is 5.03. The Bertz CT molecular complexity index is 529. The van der Waals surface area contributed by atoms with Crippen molar-refractivity contribution in [3.8, 4) is 0 Å².